The van der Waals surface area contributed by atoms with Crippen LogP contribution in [0.1, 0.15) is 19.4 Å². The van der Waals surface area contributed by atoms with Gasteiger partial charge in [-0.25, -0.2) is 9.59 Å². The summed E-state index contributed by atoms with van der Waals surface area (Å²) in [6, 6.07) is 8.27. The van der Waals surface area contributed by atoms with Crippen molar-refractivity contribution in [3.63, 3.8) is 0 Å². The number of ether oxygens (including phenoxy) is 2. The van der Waals surface area contributed by atoms with Gasteiger partial charge in [-0.1, -0.05) is 37.3 Å². The molecule has 1 aromatic rings. The smallest absolute Gasteiger partial charge is 0.410 e. The van der Waals surface area contributed by atoms with E-state index in [1.165, 1.54) is 4.90 Å². The molecule has 1 aliphatic heterocycles. The first-order valence-electron chi connectivity index (χ1n) is 7.36. The molecule has 0 unspecified atom stereocenters. The number of hydrogen-bond donors (Lipinski definition) is 1. The van der Waals surface area contributed by atoms with Gasteiger partial charge in [0.25, 0.3) is 0 Å². The highest BCUT2D eigenvalue weighted by Crippen LogP contribution is 2.25. The minimum Gasteiger partial charge on any atom is -0.464 e. The standard InChI is InChI=1S/C16H21NO5/c1-3-21-15(19)13-14(18)11(2)9-17(13)16(20)22-10-12-7-5-4-6-8-12/h4-8,11,13-14,18H,3,9-10H2,1-2H3/t11-,13+,14+/m1/s1. The van der Waals surface area contributed by atoms with Crippen LogP contribution in [-0.2, 0) is 20.9 Å². The fourth-order valence-electron chi connectivity index (χ4n) is 2.51. The predicted molar refractivity (Wildman–Crippen MR) is 78.9 cm³/mol. The van der Waals surface area contributed by atoms with Crippen LogP contribution in [0.5, 0.6) is 0 Å². The van der Waals surface area contributed by atoms with E-state index in [2.05, 4.69) is 0 Å². The maximum Gasteiger partial charge on any atom is 0.410 e. The van der Waals surface area contributed by atoms with Gasteiger partial charge in [0.05, 0.1) is 12.7 Å². The molecule has 2 rings (SSSR count). The third-order valence-electron chi connectivity index (χ3n) is 3.69. The number of esters is 1. The van der Waals surface area contributed by atoms with Crippen molar-refractivity contribution < 1.29 is 24.2 Å². The van der Waals surface area contributed by atoms with E-state index >= 15 is 0 Å². The largest absolute Gasteiger partial charge is 0.464 e. The van der Waals surface area contributed by atoms with Crippen molar-refractivity contribution in [3.05, 3.63) is 35.9 Å². The lowest BCUT2D eigenvalue weighted by atomic mass is 10.0. The van der Waals surface area contributed by atoms with Crippen molar-refractivity contribution in [2.75, 3.05) is 13.2 Å². The Balaban J connectivity index is 2.01. The van der Waals surface area contributed by atoms with Crippen LogP contribution in [0, 0.1) is 5.92 Å². The zero-order valence-corrected chi connectivity index (χ0v) is 12.8. The third-order valence-corrected chi connectivity index (χ3v) is 3.69. The first-order valence-corrected chi connectivity index (χ1v) is 7.36. The van der Waals surface area contributed by atoms with E-state index in [4.69, 9.17) is 9.47 Å². The molecule has 1 saturated heterocycles. The van der Waals surface area contributed by atoms with Gasteiger partial charge in [-0.15, -0.1) is 0 Å². The zero-order valence-electron chi connectivity index (χ0n) is 12.8. The van der Waals surface area contributed by atoms with Gasteiger partial charge >= 0.3 is 12.1 Å². The summed E-state index contributed by atoms with van der Waals surface area (Å²) in [6.45, 7) is 4.04. The second-order valence-corrected chi connectivity index (χ2v) is 5.36. The predicted octanol–water partition coefficient (Wildman–Crippen LogP) is 1.57. The Kier molecular flexibility index (Phi) is 5.38. The molecule has 0 saturated carbocycles. The maximum absolute atomic E-state index is 12.2. The summed E-state index contributed by atoms with van der Waals surface area (Å²) in [6.07, 6.45) is -1.56. The summed E-state index contributed by atoms with van der Waals surface area (Å²) < 4.78 is 10.2. The van der Waals surface area contributed by atoms with Gasteiger partial charge in [-0.05, 0) is 12.5 Å². The average molecular weight is 307 g/mol. The minimum absolute atomic E-state index is 0.121. The van der Waals surface area contributed by atoms with Crippen LogP contribution in [0.25, 0.3) is 0 Å². The molecule has 3 atom stereocenters. The molecular weight excluding hydrogens is 286 g/mol. The van der Waals surface area contributed by atoms with E-state index in [0.29, 0.717) is 0 Å². The number of benzene rings is 1. The quantitative estimate of drug-likeness (QED) is 0.855. The Hall–Kier alpha value is -2.08. The summed E-state index contributed by atoms with van der Waals surface area (Å²) in [5.41, 5.74) is 0.858. The van der Waals surface area contributed by atoms with Crippen LogP contribution in [0.3, 0.4) is 0 Å². The summed E-state index contributed by atoms with van der Waals surface area (Å²) in [5.74, 6) is -0.810. The van der Waals surface area contributed by atoms with E-state index < -0.39 is 24.2 Å². The summed E-state index contributed by atoms with van der Waals surface area (Å²) in [7, 11) is 0. The van der Waals surface area contributed by atoms with Gasteiger partial charge in [0.1, 0.15) is 6.61 Å². The molecule has 1 N–H and O–H groups in total. The lowest BCUT2D eigenvalue weighted by Gasteiger charge is -2.23. The highest BCUT2D eigenvalue weighted by molar-refractivity contribution is 5.83. The number of rotatable bonds is 4. The molecule has 0 bridgehead atoms. The highest BCUT2D eigenvalue weighted by Gasteiger charge is 2.46. The van der Waals surface area contributed by atoms with Crippen LogP contribution in [-0.4, -0.2) is 47.4 Å². The molecule has 6 heteroatoms. The van der Waals surface area contributed by atoms with Gasteiger partial charge in [0.15, 0.2) is 6.04 Å². The van der Waals surface area contributed by atoms with Crippen LogP contribution >= 0.6 is 0 Å². The van der Waals surface area contributed by atoms with E-state index in [1.807, 2.05) is 30.3 Å². The van der Waals surface area contributed by atoms with Crippen molar-refractivity contribution in [1.82, 2.24) is 4.90 Å². The summed E-state index contributed by atoms with van der Waals surface area (Å²) >= 11 is 0. The number of nitrogens with zero attached hydrogens (tertiary/aromatic N) is 1. The van der Waals surface area contributed by atoms with E-state index in [1.54, 1.807) is 13.8 Å². The molecule has 0 aromatic heterocycles. The number of likely N-dealkylation sites (tertiary alicyclic amines) is 1. The number of amides is 1. The molecular formula is C16H21NO5. The van der Waals surface area contributed by atoms with Crippen molar-refractivity contribution in [2.45, 2.75) is 32.6 Å². The Labute approximate surface area is 129 Å². The molecule has 120 valence electrons. The number of hydrogen-bond acceptors (Lipinski definition) is 5. The normalized spacial score (nSPS) is 24.1. The fraction of sp³-hybridized carbons (Fsp3) is 0.500. The van der Waals surface area contributed by atoms with Gasteiger partial charge < -0.3 is 14.6 Å². The Bertz CT molecular complexity index is 519. The highest BCUT2D eigenvalue weighted by atomic mass is 16.6. The second kappa shape index (κ2) is 7.26. The number of carbonyl (C=O) groups excluding carboxylic acids is 2. The first-order chi connectivity index (χ1) is 10.5. The molecule has 0 radical (unpaired) electrons. The summed E-state index contributed by atoms with van der Waals surface area (Å²) in [4.78, 5) is 25.4. The lowest BCUT2D eigenvalue weighted by molar-refractivity contribution is -0.151. The van der Waals surface area contributed by atoms with E-state index in [-0.39, 0.29) is 25.7 Å². The molecule has 0 aliphatic carbocycles. The minimum atomic E-state index is -1.00. The molecule has 6 nitrogen and oxygen atoms in total. The Morgan fingerprint density at radius 2 is 1.95 bits per heavy atom. The summed E-state index contributed by atoms with van der Waals surface area (Å²) in [5, 5.41) is 10.1. The van der Waals surface area contributed by atoms with Crippen molar-refractivity contribution >= 4 is 12.1 Å². The zero-order chi connectivity index (χ0) is 16.1. The first kappa shape index (κ1) is 16.3. The Morgan fingerprint density at radius 1 is 1.27 bits per heavy atom. The maximum atomic E-state index is 12.2. The van der Waals surface area contributed by atoms with Crippen LogP contribution in [0.4, 0.5) is 4.79 Å². The average Bonchev–Trinajstić information content (AvgIpc) is 2.82. The lowest BCUT2D eigenvalue weighted by Crippen LogP contribution is -2.46. The van der Waals surface area contributed by atoms with Gasteiger partial charge in [0.2, 0.25) is 0 Å². The molecule has 1 aliphatic rings. The molecule has 0 spiro atoms. The number of aliphatic hydroxyl groups is 1. The van der Waals surface area contributed by atoms with Gasteiger partial charge in [-0.3, -0.25) is 4.90 Å². The van der Waals surface area contributed by atoms with E-state index in [9.17, 15) is 14.7 Å². The van der Waals surface area contributed by atoms with Crippen LogP contribution < -0.4 is 0 Å². The SMILES string of the molecule is CCOC(=O)[C@@H]1[C@@H](O)[C@H](C)CN1C(=O)OCc1ccccc1. The van der Waals surface area contributed by atoms with Crippen LogP contribution in [0.15, 0.2) is 30.3 Å². The second-order valence-electron chi connectivity index (χ2n) is 5.36. The molecule has 1 heterocycles. The molecule has 1 fully saturated rings. The third kappa shape index (κ3) is 3.57. The number of aliphatic hydroxyl groups excluding tert-OH is 1. The van der Waals surface area contributed by atoms with Crippen molar-refractivity contribution in [2.24, 2.45) is 5.92 Å². The van der Waals surface area contributed by atoms with Crippen molar-refractivity contribution in [3.8, 4) is 0 Å². The monoisotopic (exact) mass is 307 g/mol. The Morgan fingerprint density at radius 3 is 2.59 bits per heavy atom. The number of carbonyl (C=O) groups is 2. The van der Waals surface area contributed by atoms with Crippen LogP contribution in [0.2, 0.25) is 0 Å². The molecule has 1 aromatic carbocycles. The topological polar surface area (TPSA) is 76.1 Å². The molecule has 1 amide bonds. The van der Waals surface area contributed by atoms with Gasteiger partial charge in [-0.2, -0.15) is 0 Å². The van der Waals surface area contributed by atoms with Gasteiger partial charge in [0, 0.05) is 12.5 Å². The van der Waals surface area contributed by atoms with Crippen molar-refractivity contribution in [1.29, 1.82) is 0 Å². The fourth-order valence-corrected chi connectivity index (χ4v) is 2.51. The molecule has 22 heavy (non-hydrogen) atoms. The van der Waals surface area contributed by atoms with E-state index in [0.717, 1.165) is 5.56 Å².